The summed E-state index contributed by atoms with van der Waals surface area (Å²) in [6.07, 6.45) is 1.86. The highest BCUT2D eigenvalue weighted by molar-refractivity contribution is 9.11. The molecule has 0 heterocycles. The third-order valence-corrected chi connectivity index (χ3v) is 5.54. The summed E-state index contributed by atoms with van der Waals surface area (Å²) >= 11 is 10.6. The van der Waals surface area contributed by atoms with Crippen molar-refractivity contribution in [2.24, 2.45) is 0 Å². The van der Waals surface area contributed by atoms with Crippen LogP contribution in [0.2, 0.25) is 0 Å². The van der Waals surface area contributed by atoms with E-state index >= 15 is 0 Å². The molecule has 134 valence electrons. The Morgan fingerprint density at radius 3 is 2.15 bits per heavy atom. The molecular formula is C22H14Br3NO. The topological polar surface area (TPSA) is 33.0 Å². The molecule has 3 aromatic carbocycles. The second-order valence-electron chi connectivity index (χ2n) is 5.76. The number of hydrogen-bond donors (Lipinski definition) is 0. The Hall–Kier alpha value is -1.87. The predicted octanol–water partition coefficient (Wildman–Crippen LogP) is 7.62. The van der Waals surface area contributed by atoms with Crippen LogP contribution in [0.5, 0.6) is 5.75 Å². The molecule has 3 aromatic rings. The summed E-state index contributed by atoms with van der Waals surface area (Å²) in [4.78, 5) is 0. The van der Waals surface area contributed by atoms with E-state index in [4.69, 9.17) is 4.74 Å². The summed E-state index contributed by atoms with van der Waals surface area (Å²) in [6.45, 7) is 0.465. The number of nitrogens with zero attached hydrogens (tertiary/aromatic N) is 1. The van der Waals surface area contributed by atoms with Gasteiger partial charge in [0.1, 0.15) is 12.4 Å². The van der Waals surface area contributed by atoms with Crippen LogP contribution in [0, 0.1) is 11.3 Å². The molecule has 0 bridgehead atoms. The van der Waals surface area contributed by atoms with Gasteiger partial charge in [-0.2, -0.15) is 5.26 Å². The maximum Gasteiger partial charge on any atom is 0.148 e. The Balaban J connectivity index is 1.83. The first-order chi connectivity index (χ1) is 13.1. The van der Waals surface area contributed by atoms with E-state index in [1.165, 1.54) is 0 Å². The van der Waals surface area contributed by atoms with Crippen molar-refractivity contribution in [3.8, 4) is 11.8 Å². The lowest BCUT2D eigenvalue weighted by Crippen LogP contribution is -1.97. The van der Waals surface area contributed by atoms with Gasteiger partial charge in [0.25, 0.3) is 0 Å². The summed E-state index contributed by atoms with van der Waals surface area (Å²) in [5, 5.41) is 9.49. The fraction of sp³-hybridized carbons (Fsp3) is 0.0455. The van der Waals surface area contributed by atoms with E-state index in [1.54, 1.807) is 0 Å². The van der Waals surface area contributed by atoms with Crippen LogP contribution in [0.3, 0.4) is 0 Å². The second-order valence-corrected chi connectivity index (χ2v) is 8.39. The Labute approximate surface area is 183 Å². The van der Waals surface area contributed by atoms with Gasteiger partial charge in [0.2, 0.25) is 0 Å². The highest BCUT2D eigenvalue weighted by atomic mass is 79.9. The van der Waals surface area contributed by atoms with Crippen molar-refractivity contribution in [1.29, 1.82) is 5.26 Å². The molecule has 0 aromatic heterocycles. The van der Waals surface area contributed by atoms with Gasteiger partial charge in [-0.15, -0.1) is 0 Å². The molecule has 0 saturated heterocycles. The van der Waals surface area contributed by atoms with Crippen molar-refractivity contribution in [1.82, 2.24) is 0 Å². The molecule has 27 heavy (non-hydrogen) atoms. The van der Waals surface area contributed by atoms with E-state index in [0.29, 0.717) is 12.2 Å². The highest BCUT2D eigenvalue weighted by Gasteiger charge is 2.10. The van der Waals surface area contributed by atoms with Crippen molar-refractivity contribution >= 4 is 59.4 Å². The van der Waals surface area contributed by atoms with E-state index in [2.05, 4.69) is 53.9 Å². The van der Waals surface area contributed by atoms with Gasteiger partial charge >= 0.3 is 0 Å². The van der Waals surface area contributed by atoms with Crippen LogP contribution in [0.25, 0.3) is 11.6 Å². The van der Waals surface area contributed by atoms with E-state index < -0.39 is 0 Å². The zero-order valence-corrected chi connectivity index (χ0v) is 18.9. The van der Waals surface area contributed by atoms with E-state index in [1.807, 2.05) is 72.8 Å². The molecule has 0 unspecified atom stereocenters. The summed E-state index contributed by atoms with van der Waals surface area (Å²) in [6, 6.07) is 23.8. The lowest BCUT2D eigenvalue weighted by atomic mass is 10.0. The van der Waals surface area contributed by atoms with Gasteiger partial charge in [-0.05, 0) is 78.9 Å². The number of halogens is 3. The zero-order valence-electron chi connectivity index (χ0n) is 14.1. The zero-order chi connectivity index (χ0) is 19.2. The van der Waals surface area contributed by atoms with Crippen molar-refractivity contribution < 1.29 is 4.74 Å². The third kappa shape index (κ3) is 5.32. The van der Waals surface area contributed by atoms with Gasteiger partial charge < -0.3 is 4.74 Å². The third-order valence-electron chi connectivity index (χ3n) is 3.83. The summed E-state index contributed by atoms with van der Waals surface area (Å²) < 4.78 is 8.66. The second kappa shape index (κ2) is 9.36. The molecule has 0 aliphatic rings. The van der Waals surface area contributed by atoms with Crippen LogP contribution in [0.15, 0.2) is 80.1 Å². The average Bonchev–Trinajstić information content (AvgIpc) is 2.67. The Morgan fingerprint density at radius 1 is 0.926 bits per heavy atom. The van der Waals surface area contributed by atoms with Crippen molar-refractivity contribution in [2.75, 3.05) is 0 Å². The Kier molecular flexibility index (Phi) is 6.89. The molecule has 0 saturated carbocycles. The number of allylic oxidation sites excluding steroid dienone is 1. The largest absolute Gasteiger partial charge is 0.487 e. The molecule has 0 aliphatic carbocycles. The van der Waals surface area contributed by atoms with Gasteiger partial charge in [0, 0.05) is 4.47 Å². The Bertz CT molecular complexity index is 983. The van der Waals surface area contributed by atoms with Gasteiger partial charge in [-0.3, -0.25) is 0 Å². The minimum absolute atomic E-state index is 0.465. The fourth-order valence-corrected chi connectivity index (χ4v) is 4.22. The molecule has 0 radical (unpaired) electrons. The smallest absolute Gasteiger partial charge is 0.148 e. The highest BCUT2D eigenvalue weighted by Crippen LogP contribution is 2.36. The quantitative estimate of drug-likeness (QED) is 0.243. The molecule has 3 rings (SSSR count). The molecule has 0 spiro atoms. The van der Waals surface area contributed by atoms with E-state index in [9.17, 15) is 5.26 Å². The number of benzene rings is 3. The lowest BCUT2D eigenvalue weighted by molar-refractivity contribution is 0.302. The van der Waals surface area contributed by atoms with E-state index in [-0.39, 0.29) is 0 Å². The Morgan fingerprint density at radius 2 is 1.56 bits per heavy atom. The van der Waals surface area contributed by atoms with Crippen LogP contribution in [-0.2, 0) is 6.61 Å². The van der Waals surface area contributed by atoms with Crippen LogP contribution in [0.4, 0.5) is 0 Å². The first-order valence-electron chi connectivity index (χ1n) is 8.10. The molecule has 2 nitrogen and oxygen atoms in total. The van der Waals surface area contributed by atoms with E-state index in [0.717, 1.165) is 35.9 Å². The summed E-state index contributed by atoms with van der Waals surface area (Å²) in [7, 11) is 0. The van der Waals surface area contributed by atoms with Crippen molar-refractivity contribution in [2.45, 2.75) is 6.61 Å². The molecule has 0 atom stereocenters. The average molecular weight is 548 g/mol. The van der Waals surface area contributed by atoms with Gasteiger partial charge in [0.05, 0.1) is 20.6 Å². The molecule has 0 N–H and O–H groups in total. The summed E-state index contributed by atoms with van der Waals surface area (Å²) in [5.41, 5.74) is 3.49. The van der Waals surface area contributed by atoms with Crippen LogP contribution in [0.1, 0.15) is 16.7 Å². The fourth-order valence-electron chi connectivity index (χ4n) is 2.50. The first-order valence-corrected chi connectivity index (χ1v) is 10.5. The van der Waals surface area contributed by atoms with Gasteiger partial charge in [-0.1, -0.05) is 58.4 Å². The standard InChI is InChI=1S/C22H14Br3NO/c23-19-8-6-15(7-9-19)14-27-22-20(24)11-16(12-21(22)25)10-18(13-26)17-4-2-1-3-5-17/h1-12H,14H2/b18-10+. The number of nitriles is 1. The monoisotopic (exact) mass is 545 g/mol. The summed E-state index contributed by atoms with van der Waals surface area (Å²) in [5.74, 6) is 0.730. The number of ether oxygens (including phenoxy) is 1. The van der Waals surface area contributed by atoms with Crippen molar-refractivity contribution in [3.63, 3.8) is 0 Å². The SMILES string of the molecule is N#C/C(=C\c1cc(Br)c(OCc2ccc(Br)cc2)c(Br)c1)c1ccccc1. The first kappa shape index (κ1) is 19.9. The molecule has 0 amide bonds. The maximum atomic E-state index is 9.49. The minimum Gasteiger partial charge on any atom is -0.487 e. The molecule has 0 aliphatic heterocycles. The maximum absolute atomic E-state index is 9.49. The molecule has 5 heteroatoms. The molecular weight excluding hydrogens is 534 g/mol. The van der Waals surface area contributed by atoms with Crippen LogP contribution < -0.4 is 4.74 Å². The lowest BCUT2D eigenvalue weighted by Gasteiger charge is -2.12. The number of hydrogen-bond acceptors (Lipinski definition) is 2. The number of rotatable bonds is 5. The molecule has 0 fully saturated rings. The van der Waals surface area contributed by atoms with Crippen LogP contribution >= 0.6 is 47.8 Å². The normalized spacial score (nSPS) is 11.1. The minimum atomic E-state index is 0.465. The van der Waals surface area contributed by atoms with Crippen LogP contribution in [-0.4, -0.2) is 0 Å². The van der Waals surface area contributed by atoms with Crippen molar-refractivity contribution in [3.05, 3.63) is 96.8 Å². The van der Waals surface area contributed by atoms with Gasteiger partial charge in [-0.25, -0.2) is 0 Å². The predicted molar refractivity (Wildman–Crippen MR) is 120 cm³/mol. The van der Waals surface area contributed by atoms with Gasteiger partial charge in [0.15, 0.2) is 0 Å².